The first-order valence-corrected chi connectivity index (χ1v) is 7.12. The molecule has 1 aliphatic heterocycles. The van der Waals surface area contributed by atoms with Gasteiger partial charge in [-0.05, 0) is 25.3 Å². The minimum Gasteiger partial charge on any atom is -0.381 e. The maximum Gasteiger partial charge on any atom is 0.0699 e. The van der Waals surface area contributed by atoms with Gasteiger partial charge in [0.1, 0.15) is 0 Å². The first kappa shape index (κ1) is 14.9. The van der Waals surface area contributed by atoms with E-state index in [0.29, 0.717) is 17.9 Å². The second-order valence-electron chi connectivity index (χ2n) is 5.53. The lowest BCUT2D eigenvalue weighted by molar-refractivity contribution is 0.0212. The molecule has 0 aliphatic carbocycles. The third kappa shape index (κ3) is 7.02. The lowest BCUT2D eigenvalue weighted by Gasteiger charge is -2.20. The molecule has 1 saturated heterocycles. The summed E-state index contributed by atoms with van der Waals surface area (Å²) >= 11 is 0. The van der Waals surface area contributed by atoms with Crippen molar-refractivity contribution in [3.63, 3.8) is 0 Å². The summed E-state index contributed by atoms with van der Waals surface area (Å²) in [5.74, 6) is 1.33. The van der Waals surface area contributed by atoms with E-state index in [0.717, 1.165) is 45.8 Å². The molecular formula is C14H29NO2. The minimum absolute atomic E-state index is 0.374. The Labute approximate surface area is 106 Å². The second-order valence-corrected chi connectivity index (χ2v) is 5.53. The van der Waals surface area contributed by atoms with Crippen LogP contribution in [-0.4, -0.2) is 39.0 Å². The van der Waals surface area contributed by atoms with Crippen LogP contribution in [0.4, 0.5) is 0 Å². The zero-order valence-corrected chi connectivity index (χ0v) is 11.7. The number of hydrogen-bond acceptors (Lipinski definition) is 3. The summed E-state index contributed by atoms with van der Waals surface area (Å²) in [6, 6.07) is 0. The van der Waals surface area contributed by atoms with Crippen molar-refractivity contribution < 1.29 is 9.47 Å². The molecule has 1 rings (SSSR count). The first-order chi connectivity index (χ1) is 8.22. The van der Waals surface area contributed by atoms with Crippen LogP contribution in [0.5, 0.6) is 0 Å². The van der Waals surface area contributed by atoms with Crippen molar-refractivity contribution in [2.45, 2.75) is 46.1 Å². The van der Waals surface area contributed by atoms with Gasteiger partial charge in [0.2, 0.25) is 0 Å². The van der Waals surface area contributed by atoms with Gasteiger partial charge in [0.15, 0.2) is 0 Å². The molecule has 0 radical (unpaired) electrons. The van der Waals surface area contributed by atoms with Crippen LogP contribution in [0, 0.1) is 11.8 Å². The molecule has 102 valence electrons. The highest BCUT2D eigenvalue weighted by atomic mass is 16.5. The van der Waals surface area contributed by atoms with E-state index in [4.69, 9.17) is 9.47 Å². The molecule has 0 aromatic heterocycles. The van der Waals surface area contributed by atoms with E-state index < -0.39 is 0 Å². The van der Waals surface area contributed by atoms with Crippen LogP contribution >= 0.6 is 0 Å². The minimum atomic E-state index is 0.374. The highest BCUT2D eigenvalue weighted by molar-refractivity contribution is 4.67. The average molecular weight is 243 g/mol. The van der Waals surface area contributed by atoms with Gasteiger partial charge in [-0.1, -0.05) is 27.2 Å². The Balaban J connectivity index is 2.12. The Bertz CT molecular complexity index is 179. The molecule has 1 fully saturated rings. The largest absolute Gasteiger partial charge is 0.381 e. The van der Waals surface area contributed by atoms with Crippen LogP contribution < -0.4 is 5.32 Å². The molecule has 0 spiro atoms. The highest BCUT2D eigenvalue weighted by Gasteiger charge is 2.18. The number of nitrogens with one attached hydrogen (secondary N) is 1. The van der Waals surface area contributed by atoms with Crippen molar-refractivity contribution in [3.05, 3.63) is 0 Å². The van der Waals surface area contributed by atoms with Crippen molar-refractivity contribution in [1.29, 1.82) is 0 Å². The quantitative estimate of drug-likeness (QED) is 0.675. The maximum atomic E-state index is 6.01. The summed E-state index contributed by atoms with van der Waals surface area (Å²) < 4.78 is 11.4. The Kier molecular flexibility index (Phi) is 7.82. The smallest absolute Gasteiger partial charge is 0.0699 e. The molecule has 2 atom stereocenters. The van der Waals surface area contributed by atoms with Crippen LogP contribution in [0.2, 0.25) is 0 Å². The van der Waals surface area contributed by atoms with Crippen LogP contribution in [-0.2, 0) is 9.47 Å². The molecule has 0 aromatic carbocycles. The monoisotopic (exact) mass is 243 g/mol. The number of ether oxygens (including phenoxy) is 2. The molecule has 0 bridgehead atoms. The van der Waals surface area contributed by atoms with Gasteiger partial charge in [-0.2, -0.15) is 0 Å². The van der Waals surface area contributed by atoms with Gasteiger partial charge in [0.05, 0.1) is 19.3 Å². The van der Waals surface area contributed by atoms with Gasteiger partial charge in [0.25, 0.3) is 0 Å². The standard InChI is InChI=1S/C14H29NO2/c1-4-5-14(9-15-8-12(2)3)17-11-13-6-7-16-10-13/h12-15H,4-11H2,1-3H3. The maximum absolute atomic E-state index is 6.01. The fourth-order valence-corrected chi connectivity index (χ4v) is 2.09. The van der Waals surface area contributed by atoms with Gasteiger partial charge in [-0.15, -0.1) is 0 Å². The summed E-state index contributed by atoms with van der Waals surface area (Å²) in [4.78, 5) is 0. The zero-order valence-electron chi connectivity index (χ0n) is 11.7. The van der Waals surface area contributed by atoms with E-state index in [1.165, 1.54) is 6.42 Å². The summed E-state index contributed by atoms with van der Waals surface area (Å²) in [5, 5.41) is 3.49. The van der Waals surface area contributed by atoms with E-state index >= 15 is 0 Å². The normalized spacial score (nSPS) is 22.2. The molecule has 1 heterocycles. The highest BCUT2D eigenvalue weighted by Crippen LogP contribution is 2.14. The number of rotatable bonds is 9. The lowest BCUT2D eigenvalue weighted by atomic mass is 10.1. The fraction of sp³-hybridized carbons (Fsp3) is 1.00. The van der Waals surface area contributed by atoms with E-state index in [1.54, 1.807) is 0 Å². The van der Waals surface area contributed by atoms with Gasteiger partial charge >= 0.3 is 0 Å². The fourth-order valence-electron chi connectivity index (χ4n) is 2.09. The average Bonchev–Trinajstić information content (AvgIpc) is 2.78. The SMILES string of the molecule is CCCC(CNCC(C)C)OCC1CCOC1. The van der Waals surface area contributed by atoms with E-state index in [2.05, 4.69) is 26.1 Å². The van der Waals surface area contributed by atoms with Crippen molar-refractivity contribution in [2.75, 3.05) is 32.9 Å². The van der Waals surface area contributed by atoms with Gasteiger partial charge in [-0.25, -0.2) is 0 Å². The Morgan fingerprint density at radius 1 is 1.35 bits per heavy atom. The molecule has 3 heteroatoms. The zero-order chi connectivity index (χ0) is 12.5. The van der Waals surface area contributed by atoms with Crippen molar-refractivity contribution in [2.24, 2.45) is 11.8 Å². The number of hydrogen-bond donors (Lipinski definition) is 1. The third-order valence-electron chi connectivity index (χ3n) is 3.13. The molecule has 0 aromatic rings. The Morgan fingerprint density at radius 3 is 2.76 bits per heavy atom. The molecule has 0 saturated carbocycles. The van der Waals surface area contributed by atoms with Gasteiger partial charge < -0.3 is 14.8 Å². The van der Waals surface area contributed by atoms with Crippen LogP contribution in [0.15, 0.2) is 0 Å². The van der Waals surface area contributed by atoms with Crippen molar-refractivity contribution >= 4 is 0 Å². The van der Waals surface area contributed by atoms with Crippen LogP contribution in [0.1, 0.15) is 40.0 Å². The molecular weight excluding hydrogens is 214 g/mol. The molecule has 3 nitrogen and oxygen atoms in total. The van der Waals surface area contributed by atoms with Crippen molar-refractivity contribution in [1.82, 2.24) is 5.32 Å². The predicted octanol–water partition coefficient (Wildman–Crippen LogP) is 2.45. The summed E-state index contributed by atoms with van der Waals surface area (Å²) in [6.45, 7) is 11.4. The first-order valence-electron chi connectivity index (χ1n) is 7.12. The van der Waals surface area contributed by atoms with Crippen molar-refractivity contribution in [3.8, 4) is 0 Å². The summed E-state index contributed by atoms with van der Waals surface area (Å²) in [5.41, 5.74) is 0. The van der Waals surface area contributed by atoms with Crippen LogP contribution in [0.25, 0.3) is 0 Å². The summed E-state index contributed by atoms with van der Waals surface area (Å²) in [7, 11) is 0. The molecule has 2 unspecified atom stereocenters. The Hall–Kier alpha value is -0.120. The third-order valence-corrected chi connectivity index (χ3v) is 3.13. The van der Waals surface area contributed by atoms with Gasteiger partial charge in [-0.3, -0.25) is 0 Å². The van der Waals surface area contributed by atoms with E-state index in [-0.39, 0.29) is 0 Å². The molecule has 1 N–H and O–H groups in total. The van der Waals surface area contributed by atoms with E-state index in [9.17, 15) is 0 Å². The topological polar surface area (TPSA) is 30.5 Å². The van der Waals surface area contributed by atoms with E-state index in [1.807, 2.05) is 0 Å². The lowest BCUT2D eigenvalue weighted by Crippen LogP contribution is -2.32. The predicted molar refractivity (Wildman–Crippen MR) is 71.3 cm³/mol. The molecule has 17 heavy (non-hydrogen) atoms. The Morgan fingerprint density at radius 2 is 2.18 bits per heavy atom. The molecule has 0 amide bonds. The molecule has 1 aliphatic rings. The van der Waals surface area contributed by atoms with Crippen LogP contribution in [0.3, 0.4) is 0 Å². The summed E-state index contributed by atoms with van der Waals surface area (Å²) in [6.07, 6.45) is 3.88. The second kappa shape index (κ2) is 8.90. The van der Waals surface area contributed by atoms with Gasteiger partial charge in [0, 0.05) is 19.1 Å².